The fraction of sp³-hybridized carbons (Fsp3) is 0.333. The molecule has 0 bridgehead atoms. The summed E-state index contributed by atoms with van der Waals surface area (Å²) in [4.78, 5) is 23.9. The van der Waals surface area contributed by atoms with E-state index in [0.29, 0.717) is 12.8 Å². The van der Waals surface area contributed by atoms with Gasteiger partial charge in [0.25, 0.3) is 11.8 Å². The Labute approximate surface area is 184 Å². The summed E-state index contributed by atoms with van der Waals surface area (Å²) in [6, 6.07) is 8.44. The second kappa shape index (κ2) is 10.0. The Bertz CT molecular complexity index is 1100. The molecule has 0 radical (unpaired) electrons. The smallest absolute Gasteiger partial charge is 0.279 e. The summed E-state index contributed by atoms with van der Waals surface area (Å²) in [6.45, 7) is 1.93. The minimum Gasteiger partial charge on any atom is -0.478 e. The van der Waals surface area contributed by atoms with E-state index in [4.69, 9.17) is 4.74 Å². The third-order valence-corrected chi connectivity index (χ3v) is 6.85. The Hall–Kier alpha value is -3.05. The molecule has 1 atom stereocenters. The quantitative estimate of drug-likeness (QED) is 0.635. The van der Waals surface area contributed by atoms with E-state index in [2.05, 4.69) is 10.9 Å². The maximum absolute atomic E-state index is 14.3. The van der Waals surface area contributed by atoms with E-state index in [-0.39, 0.29) is 24.4 Å². The summed E-state index contributed by atoms with van der Waals surface area (Å²) in [5.74, 6) is -3.38. The van der Waals surface area contributed by atoms with Gasteiger partial charge in [-0.2, -0.15) is 4.31 Å². The molecule has 0 saturated carbocycles. The summed E-state index contributed by atoms with van der Waals surface area (Å²) >= 11 is 0. The minimum atomic E-state index is -4.10. The van der Waals surface area contributed by atoms with Crippen LogP contribution in [0.15, 0.2) is 47.4 Å². The van der Waals surface area contributed by atoms with Gasteiger partial charge in [0, 0.05) is 18.7 Å². The molecule has 1 aliphatic rings. The fourth-order valence-corrected chi connectivity index (χ4v) is 4.77. The number of sulfonamides is 1. The third kappa shape index (κ3) is 5.40. The van der Waals surface area contributed by atoms with E-state index >= 15 is 0 Å². The number of halogens is 2. The molecule has 1 aliphatic heterocycles. The third-order valence-electron chi connectivity index (χ3n) is 4.94. The highest BCUT2D eigenvalue weighted by atomic mass is 32.2. The van der Waals surface area contributed by atoms with Crippen LogP contribution in [0.25, 0.3) is 0 Å². The number of hydrogen-bond donors (Lipinski definition) is 2. The Kier molecular flexibility index (Phi) is 7.41. The number of carbonyl (C=O) groups is 2. The molecule has 0 aromatic heterocycles. The number of hydrazine groups is 1. The first kappa shape index (κ1) is 23.6. The lowest BCUT2D eigenvalue weighted by Crippen LogP contribution is -2.47. The molecule has 2 aromatic rings. The standard InChI is InChI=1S/C21H23F2N3O5S/c1-14(31-18-8-4-3-7-16(18)22)20(27)24-25-21(28)15-9-10-17(23)19(13-15)32(29,30)26-11-5-2-6-12-26/h3-4,7-10,13-14H,2,5-6,11-12H2,1H3,(H,24,27)(H,25,28). The normalized spacial score (nSPS) is 15.6. The zero-order valence-electron chi connectivity index (χ0n) is 17.3. The molecule has 11 heteroatoms. The SMILES string of the molecule is CC(Oc1ccccc1F)C(=O)NNC(=O)c1ccc(F)c(S(=O)(=O)N2CCCCC2)c1. The van der Waals surface area contributed by atoms with Gasteiger partial charge in [-0.1, -0.05) is 18.6 Å². The van der Waals surface area contributed by atoms with E-state index < -0.39 is 44.5 Å². The van der Waals surface area contributed by atoms with Gasteiger partial charge in [0.15, 0.2) is 17.7 Å². The average Bonchev–Trinajstić information content (AvgIpc) is 2.79. The summed E-state index contributed by atoms with van der Waals surface area (Å²) < 4.78 is 59.9. The van der Waals surface area contributed by atoms with E-state index in [0.717, 1.165) is 24.6 Å². The second-order valence-electron chi connectivity index (χ2n) is 7.24. The van der Waals surface area contributed by atoms with Gasteiger partial charge in [-0.25, -0.2) is 17.2 Å². The van der Waals surface area contributed by atoms with E-state index in [9.17, 15) is 26.8 Å². The number of para-hydroxylation sites is 1. The van der Waals surface area contributed by atoms with Crippen molar-refractivity contribution in [3.8, 4) is 5.75 Å². The molecule has 1 saturated heterocycles. The molecule has 2 aromatic carbocycles. The van der Waals surface area contributed by atoms with Crippen molar-refractivity contribution in [3.05, 3.63) is 59.7 Å². The van der Waals surface area contributed by atoms with Crippen LogP contribution in [0.4, 0.5) is 8.78 Å². The Morgan fingerprint density at radius 3 is 2.38 bits per heavy atom. The molecule has 1 unspecified atom stereocenters. The highest BCUT2D eigenvalue weighted by molar-refractivity contribution is 7.89. The minimum absolute atomic E-state index is 0.132. The van der Waals surface area contributed by atoms with Crippen molar-refractivity contribution in [1.82, 2.24) is 15.2 Å². The molecule has 2 amide bonds. The van der Waals surface area contributed by atoms with Crippen LogP contribution in [0.2, 0.25) is 0 Å². The van der Waals surface area contributed by atoms with Crippen LogP contribution < -0.4 is 15.6 Å². The van der Waals surface area contributed by atoms with Crippen LogP contribution in [0, 0.1) is 11.6 Å². The van der Waals surface area contributed by atoms with E-state index in [1.165, 1.54) is 35.5 Å². The lowest BCUT2D eigenvalue weighted by atomic mass is 10.2. The highest BCUT2D eigenvalue weighted by Crippen LogP contribution is 2.24. The number of benzene rings is 2. The molecule has 1 fully saturated rings. The van der Waals surface area contributed by atoms with Gasteiger partial charge in [-0.15, -0.1) is 0 Å². The Morgan fingerprint density at radius 2 is 1.69 bits per heavy atom. The number of amides is 2. The molecular weight excluding hydrogens is 444 g/mol. The summed E-state index contributed by atoms with van der Waals surface area (Å²) in [5, 5.41) is 0. The van der Waals surface area contributed by atoms with Crippen molar-refractivity contribution in [2.75, 3.05) is 13.1 Å². The van der Waals surface area contributed by atoms with Crippen molar-refractivity contribution in [2.45, 2.75) is 37.2 Å². The topological polar surface area (TPSA) is 105 Å². The molecular formula is C21H23F2N3O5S. The van der Waals surface area contributed by atoms with Gasteiger partial charge in [0.1, 0.15) is 10.7 Å². The lowest BCUT2D eigenvalue weighted by Gasteiger charge is -2.26. The van der Waals surface area contributed by atoms with Crippen molar-refractivity contribution >= 4 is 21.8 Å². The van der Waals surface area contributed by atoms with Crippen LogP contribution >= 0.6 is 0 Å². The molecule has 8 nitrogen and oxygen atoms in total. The number of nitrogens with one attached hydrogen (secondary N) is 2. The van der Waals surface area contributed by atoms with Crippen molar-refractivity contribution in [1.29, 1.82) is 0 Å². The van der Waals surface area contributed by atoms with Gasteiger partial charge in [0.2, 0.25) is 10.0 Å². The predicted octanol–water partition coefficient (Wildman–Crippen LogP) is 2.37. The average molecular weight is 467 g/mol. The van der Waals surface area contributed by atoms with E-state index in [1.807, 2.05) is 0 Å². The predicted molar refractivity (Wildman–Crippen MR) is 111 cm³/mol. The van der Waals surface area contributed by atoms with Crippen LogP contribution in [-0.2, 0) is 14.8 Å². The summed E-state index contributed by atoms with van der Waals surface area (Å²) in [5.41, 5.74) is 4.07. The molecule has 0 aliphatic carbocycles. The van der Waals surface area contributed by atoms with Gasteiger partial charge < -0.3 is 4.74 Å². The Balaban J connectivity index is 1.66. The van der Waals surface area contributed by atoms with Crippen LogP contribution in [0.3, 0.4) is 0 Å². The zero-order chi connectivity index (χ0) is 23.3. The maximum Gasteiger partial charge on any atom is 0.279 e. The van der Waals surface area contributed by atoms with Crippen molar-refractivity contribution < 1.29 is 31.5 Å². The zero-order valence-corrected chi connectivity index (χ0v) is 18.1. The van der Waals surface area contributed by atoms with Gasteiger partial charge in [0.05, 0.1) is 0 Å². The van der Waals surface area contributed by atoms with Gasteiger partial charge >= 0.3 is 0 Å². The molecule has 2 N–H and O–H groups in total. The molecule has 172 valence electrons. The first-order chi connectivity index (χ1) is 15.2. The lowest BCUT2D eigenvalue weighted by molar-refractivity contribution is -0.128. The molecule has 0 spiro atoms. The number of ether oxygens (including phenoxy) is 1. The largest absolute Gasteiger partial charge is 0.478 e. The summed E-state index contributed by atoms with van der Waals surface area (Å²) in [6.07, 6.45) is 1.12. The van der Waals surface area contributed by atoms with Crippen LogP contribution in [0.5, 0.6) is 5.75 Å². The monoisotopic (exact) mass is 467 g/mol. The van der Waals surface area contributed by atoms with Crippen molar-refractivity contribution in [2.24, 2.45) is 0 Å². The number of hydrogen-bond acceptors (Lipinski definition) is 5. The maximum atomic E-state index is 14.3. The molecule has 3 rings (SSSR count). The number of piperidine rings is 1. The molecule has 32 heavy (non-hydrogen) atoms. The second-order valence-corrected chi connectivity index (χ2v) is 9.15. The number of carbonyl (C=O) groups excluding carboxylic acids is 2. The first-order valence-electron chi connectivity index (χ1n) is 10.0. The van der Waals surface area contributed by atoms with Crippen LogP contribution in [0.1, 0.15) is 36.5 Å². The summed E-state index contributed by atoms with van der Waals surface area (Å²) in [7, 11) is -4.10. The van der Waals surface area contributed by atoms with E-state index in [1.54, 1.807) is 0 Å². The molecule has 1 heterocycles. The number of nitrogens with zero attached hydrogens (tertiary/aromatic N) is 1. The first-order valence-corrected chi connectivity index (χ1v) is 11.4. The Morgan fingerprint density at radius 1 is 1.00 bits per heavy atom. The number of rotatable bonds is 6. The van der Waals surface area contributed by atoms with Crippen molar-refractivity contribution in [3.63, 3.8) is 0 Å². The fourth-order valence-electron chi connectivity index (χ4n) is 3.16. The van der Waals surface area contributed by atoms with Gasteiger partial charge in [-0.3, -0.25) is 20.4 Å². The van der Waals surface area contributed by atoms with Gasteiger partial charge in [-0.05, 0) is 50.1 Å². The highest BCUT2D eigenvalue weighted by Gasteiger charge is 2.29. The van der Waals surface area contributed by atoms with Crippen LogP contribution in [-0.4, -0.2) is 43.7 Å².